The van der Waals surface area contributed by atoms with Gasteiger partial charge in [-0.3, -0.25) is 4.79 Å². The molecule has 1 heteroatoms. The average Bonchev–Trinajstić information content (AvgIpc) is 2.26. The number of carbonyl (C=O) groups is 1. The minimum atomic E-state index is 0.249. The molecule has 0 aromatic rings. The summed E-state index contributed by atoms with van der Waals surface area (Å²) >= 11 is 0. The Morgan fingerprint density at radius 2 is 1.61 bits per heavy atom. The fourth-order valence-corrected chi connectivity index (χ4v) is 4.49. The van der Waals surface area contributed by atoms with E-state index in [0.717, 1.165) is 31.1 Å². The highest BCUT2D eigenvalue weighted by Gasteiger charge is 2.41. The molecule has 0 N–H and O–H groups in total. The molecule has 3 unspecified atom stereocenters. The molecule has 0 spiro atoms. The van der Waals surface area contributed by atoms with Gasteiger partial charge in [-0.15, -0.1) is 0 Å². The van der Waals surface area contributed by atoms with Crippen LogP contribution in [0.3, 0.4) is 0 Å². The molecule has 0 radical (unpaired) electrons. The molecule has 0 aromatic heterocycles. The number of Topliss-reactive ketones (excluding diaryl/α,β-unsaturated/α-hetero) is 1. The van der Waals surface area contributed by atoms with Crippen LogP contribution in [-0.4, -0.2) is 5.78 Å². The van der Waals surface area contributed by atoms with Crippen molar-refractivity contribution in [3.05, 3.63) is 0 Å². The molecule has 0 heterocycles. The molecule has 0 amide bonds. The van der Waals surface area contributed by atoms with Crippen LogP contribution in [0.1, 0.15) is 72.6 Å². The molecular weight excluding hydrogens is 220 g/mol. The monoisotopic (exact) mass is 250 g/mol. The van der Waals surface area contributed by atoms with E-state index in [-0.39, 0.29) is 5.41 Å². The number of hydrogen-bond acceptors (Lipinski definition) is 1. The maximum absolute atomic E-state index is 12.9. The summed E-state index contributed by atoms with van der Waals surface area (Å²) in [6.07, 6.45) is 8.57. The van der Waals surface area contributed by atoms with Crippen LogP contribution in [0.25, 0.3) is 0 Å². The van der Waals surface area contributed by atoms with Crippen LogP contribution in [0.15, 0.2) is 0 Å². The average molecular weight is 250 g/mol. The van der Waals surface area contributed by atoms with E-state index in [0.29, 0.717) is 17.6 Å². The summed E-state index contributed by atoms with van der Waals surface area (Å²) < 4.78 is 0. The van der Waals surface area contributed by atoms with Crippen molar-refractivity contribution in [3.8, 4) is 0 Å². The lowest BCUT2D eigenvalue weighted by Gasteiger charge is -2.41. The molecular formula is C17H30O. The smallest absolute Gasteiger partial charge is 0.139 e. The third kappa shape index (κ3) is 2.97. The van der Waals surface area contributed by atoms with E-state index >= 15 is 0 Å². The van der Waals surface area contributed by atoms with Crippen LogP contribution in [0.4, 0.5) is 0 Å². The summed E-state index contributed by atoms with van der Waals surface area (Å²) in [5.41, 5.74) is 0.249. The molecule has 104 valence electrons. The van der Waals surface area contributed by atoms with E-state index in [1.165, 1.54) is 25.7 Å². The van der Waals surface area contributed by atoms with Gasteiger partial charge in [-0.25, -0.2) is 0 Å². The summed E-state index contributed by atoms with van der Waals surface area (Å²) in [5.74, 6) is 2.81. The fourth-order valence-electron chi connectivity index (χ4n) is 4.49. The highest BCUT2D eigenvalue weighted by atomic mass is 16.1. The predicted octanol–water partition coefficient (Wildman–Crippen LogP) is 4.84. The Balaban J connectivity index is 2.05. The molecule has 0 aliphatic heterocycles. The maximum atomic E-state index is 12.9. The van der Waals surface area contributed by atoms with Crippen molar-refractivity contribution in [2.75, 3.05) is 0 Å². The van der Waals surface area contributed by atoms with Crippen molar-refractivity contribution in [2.24, 2.45) is 29.1 Å². The highest BCUT2D eigenvalue weighted by molar-refractivity contribution is 5.84. The zero-order valence-electron chi connectivity index (χ0n) is 12.7. The molecule has 0 aromatic carbocycles. The zero-order valence-corrected chi connectivity index (χ0v) is 12.7. The van der Waals surface area contributed by atoms with Crippen LogP contribution in [0.5, 0.6) is 0 Å². The molecule has 2 rings (SSSR count). The SMILES string of the molecule is CC1CC(C)CC(C(=O)C2CCCCC2(C)C)C1. The van der Waals surface area contributed by atoms with Crippen molar-refractivity contribution in [1.82, 2.24) is 0 Å². The fraction of sp³-hybridized carbons (Fsp3) is 0.941. The van der Waals surface area contributed by atoms with Gasteiger partial charge in [-0.2, -0.15) is 0 Å². The molecule has 0 bridgehead atoms. The lowest BCUT2D eigenvalue weighted by Crippen LogP contribution is -2.39. The van der Waals surface area contributed by atoms with Crippen molar-refractivity contribution in [1.29, 1.82) is 0 Å². The maximum Gasteiger partial charge on any atom is 0.139 e. The van der Waals surface area contributed by atoms with Gasteiger partial charge in [0.05, 0.1) is 0 Å². The van der Waals surface area contributed by atoms with E-state index in [4.69, 9.17) is 0 Å². The zero-order chi connectivity index (χ0) is 13.3. The topological polar surface area (TPSA) is 17.1 Å². The molecule has 2 saturated carbocycles. The van der Waals surface area contributed by atoms with E-state index in [2.05, 4.69) is 27.7 Å². The van der Waals surface area contributed by atoms with E-state index in [9.17, 15) is 4.79 Å². The van der Waals surface area contributed by atoms with Gasteiger partial charge in [0.25, 0.3) is 0 Å². The summed E-state index contributed by atoms with van der Waals surface area (Å²) in [5, 5.41) is 0. The van der Waals surface area contributed by atoms with Gasteiger partial charge in [0.15, 0.2) is 0 Å². The molecule has 2 aliphatic carbocycles. The quantitative estimate of drug-likeness (QED) is 0.685. The Kier molecular flexibility index (Phi) is 4.18. The Bertz CT molecular complexity index is 295. The van der Waals surface area contributed by atoms with Gasteiger partial charge in [0.1, 0.15) is 5.78 Å². The van der Waals surface area contributed by atoms with Crippen LogP contribution in [0.2, 0.25) is 0 Å². The van der Waals surface area contributed by atoms with Gasteiger partial charge in [-0.1, -0.05) is 40.5 Å². The van der Waals surface area contributed by atoms with Crippen LogP contribution < -0.4 is 0 Å². The minimum absolute atomic E-state index is 0.249. The van der Waals surface area contributed by atoms with Crippen molar-refractivity contribution < 1.29 is 4.79 Å². The second kappa shape index (κ2) is 5.35. The third-order valence-electron chi connectivity index (χ3n) is 5.43. The predicted molar refractivity (Wildman–Crippen MR) is 76.4 cm³/mol. The molecule has 2 aliphatic rings. The lowest BCUT2D eigenvalue weighted by molar-refractivity contribution is -0.134. The lowest BCUT2D eigenvalue weighted by atomic mass is 9.63. The highest BCUT2D eigenvalue weighted by Crippen LogP contribution is 2.44. The van der Waals surface area contributed by atoms with Crippen LogP contribution >= 0.6 is 0 Å². The largest absolute Gasteiger partial charge is 0.299 e. The van der Waals surface area contributed by atoms with Crippen molar-refractivity contribution >= 4 is 5.78 Å². The first-order chi connectivity index (χ1) is 8.40. The first-order valence-electron chi connectivity index (χ1n) is 7.94. The summed E-state index contributed by atoms with van der Waals surface area (Å²) in [4.78, 5) is 12.9. The summed E-state index contributed by atoms with van der Waals surface area (Å²) in [6.45, 7) is 9.26. The standard InChI is InChI=1S/C17H30O/c1-12-9-13(2)11-14(10-12)16(18)15-7-5-6-8-17(15,3)4/h12-15H,5-11H2,1-4H3. The van der Waals surface area contributed by atoms with E-state index < -0.39 is 0 Å². The number of hydrogen-bond donors (Lipinski definition) is 0. The van der Waals surface area contributed by atoms with Gasteiger partial charge >= 0.3 is 0 Å². The third-order valence-corrected chi connectivity index (χ3v) is 5.43. The van der Waals surface area contributed by atoms with Crippen LogP contribution in [-0.2, 0) is 4.79 Å². The van der Waals surface area contributed by atoms with Gasteiger partial charge in [0.2, 0.25) is 0 Å². The van der Waals surface area contributed by atoms with E-state index in [1.807, 2.05) is 0 Å². The Morgan fingerprint density at radius 1 is 1.00 bits per heavy atom. The molecule has 3 atom stereocenters. The molecule has 2 fully saturated rings. The molecule has 18 heavy (non-hydrogen) atoms. The van der Waals surface area contributed by atoms with Gasteiger partial charge < -0.3 is 0 Å². The summed E-state index contributed by atoms with van der Waals surface area (Å²) in [6, 6.07) is 0. The first-order valence-corrected chi connectivity index (χ1v) is 7.94. The Morgan fingerprint density at radius 3 is 2.17 bits per heavy atom. The Labute approximate surface area is 113 Å². The number of rotatable bonds is 2. The number of ketones is 1. The molecule has 1 nitrogen and oxygen atoms in total. The van der Waals surface area contributed by atoms with Gasteiger partial charge in [0, 0.05) is 11.8 Å². The number of carbonyl (C=O) groups excluding carboxylic acids is 1. The minimum Gasteiger partial charge on any atom is -0.299 e. The van der Waals surface area contributed by atoms with Crippen molar-refractivity contribution in [3.63, 3.8) is 0 Å². The second-order valence-electron chi connectivity index (χ2n) is 7.80. The molecule has 0 saturated heterocycles. The van der Waals surface area contributed by atoms with Gasteiger partial charge in [-0.05, 0) is 49.4 Å². The summed E-state index contributed by atoms with van der Waals surface area (Å²) in [7, 11) is 0. The van der Waals surface area contributed by atoms with Crippen molar-refractivity contribution in [2.45, 2.75) is 72.6 Å². The Hall–Kier alpha value is -0.330. The van der Waals surface area contributed by atoms with E-state index in [1.54, 1.807) is 0 Å². The normalized spacial score (nSPS) is 40.4. The second-order valence-corrected chi connectivity index (χ2v) is 7.80. The van der Waals surface area contributed by atoms with Crippen LogP contribution in [0, 0.1) is 29.1 Å². The first kappa shape index (κ1) is 14.1.